The Bertz CT molecular complexity index is 2680. The van der Waals surface area contributed by atoms with Crippen LogP contribution in [-0.2, 0) is 57.2 Å². The maximum atomic E-state index is 14.5. The zero-order chi connectivity index (χ0) is 53.4. The minimum Gasteiger partial charge on any atom is -0.411 e. The van der Waals surface area contributed by atoms with Crippen LogP contribution in [0.25, 0.3) is 11.3 Å². The molecule has 4 amide bonds. The van der Waals surface area contributed by atoms with Gasteiger partial charge in [0.1, 0.15) is 42.5 Å². The number of ether oxygens (including phenoxy) is 3. The van der Waals surface area contributed by atoms with E-state index in [1.165, 1.54) is 5.56 Å². The van der Waals surface area contributed by atoms with Crippen LogP contribution in [0.1, 0.15) is 80.9 Å². The SMILES string of the molecule is CC(C)C[C@H](NC(=O)[C@H](CCc1ccccc1)NC(=O)C[N+]1(COC(=O)c2ccc(-c3cn(PCc4ccccc4)nn3)cc2)CCOCC1)C(=O)N[C@@H](Cc1ccccc1)C(=O)N[C@@H](CC(C)C)C(=O)[C@@]1(C)CO1. The molecule has 2 fully saturated rings. The fourth-order valence-electron chi connectivity index (χ4n) is 9.03. The van der Waals surface area contributed by atoms with E-state index in [0.29, 0.717) is 59.1 Å². The Labute approximate surface area is 441 Å². The van der Waals surface area contributed by atoms with Crippen molar-refractivity contribution >= 4 is 44.1 Å². The monoisotopic (exact) mass is 1040 g/mol. The molecular weight excluding hydrogens is 972 g/mol. The van der Waals surface area contributed by atoms with Gasteiger partial charge in [-0.3, -0.25) is 28.5 Å². The molecule has 0 radical (unpaired) electrons. The van der Waals surface area contributed by atoms with Gasteiger partial charge in [-0.15, -0.1) is 5.10 Å². The number of benzene rings is 4. The van der Waals surface area contributed by atoms with Gasteiger partial charge in [0.05, 0.1) is 37.6 Å². The number of quaternary nitrogens is 1. The lowest BCUT2D eigenvalue weighted by Crippen LogP contribution is -2.62. The number of hydrogen-bond donors (Lipinski definition) is 4. The largest absolute Gasteiger partial charge is 0.411 e. The third-order valence-corrected chi connectivity index (χ3v) is 14.6. The van der Waals surface area contributed by atoms with E-state index < -0.39 is 59.4 Å². The van der Waals surface area contributed by atoms with E-state index in [9.17, 15) is 28.8 Å². The van der Waals surface area contributed by atoms with Gasteiger partial charge < -0.3 is 35.5 Å². The second-order valence-corrected chi connectivity index (χ2v) is 21.9. The molecule has 2 saturated heterocycles. The van der Waals surface area contributed by atoms with Crippen molar-refractivity contribution in [2.45, 2.75) is 103 Å². The van der Waals surface area contributed by atoms with Gasteiger partial charge >= 0.3 is 5.97 Å². The van der Waals surface area contributed by atoms with E-state index >= 15 is 0 Å². The lowest BCUT2D eigenvalue weighted by molar-refractivity contribution is -0.943. The van der Waals surface area contributed by atoms with Crippen LogP contribution in [0.15, 0.2) is 121 Å². The van der Waals surface area contributed by atoms with Crippen molar-refractivity contribution in [2.75, 3.05) is 46.2 Å². The van der Waals surface area contributed by atoms with Gasteiger partial charge in [-0.1, -0.05) is 136 Å². The Hall–Kier alpha value is -6.65. The van der Waals surface area contributed by atoms with Crippen molar-refractivity contribution in [3.8, 4) is 11.3 Å². The van der Waals surface area contributed by atoms with Crippen molar-refractivity contribution in [2.24, 2.45) is 11.8 Å². The Balaban J connectivity index is 1.02. The molecule has 2 aliphatic rings. The Morgan fingerprint density at radius 3 is 1.85 bits per heavy atom. The lowest BCUT2D eigenvalue weighted by Gasteiger charge is -2.39. The van der Waals surface area contributed by atoms with Crippen LogP contribution in [0.3, 0.4) is 0 Å². The number of hydrogen-bond acceptors (Lipinski definition) is 11. The van der Waals surface area contributed by atoms with Gasteiger partial charge in [-0.25, -0.2) is 9.25 Å². The fraction of sp³-hybridized carbons (Fsp3) is 0.439. The van der Waals surface area contributed by atoms with Crippen molar-refractivity contribution in [3.05, 3.63) is 144 Å². The Morgan fingerprint density at radius 2 is 1.24 bits per heavy atom. The molecule has 0 spiro atoms. The third-order valence-electron chi connectivity index (χ3n) is 13.5. The van der Waals surface area contributed by atoms with E-state index in [1.54, 1.807) is 31.2 Å². The van der Waals surface area contributed by atoms with E-state index in [4.69, 9.17) is 14.2 Å². The molecule has 7 rings (SSSR count). The summed E-state index contributed by atoms with van der Waals surface area (Å²) in [6, 6.07) is 31.9. The number of carbonyl (C=O) groups excluding carboxylic acids is 6. The molecule has 0 saturated carbocycles. The highest BCUT2D eigenvalue weighted by Crippen LogP contribution is 2.30. The minimum absolute atomic E-state index is 0.0591. The highest BCUT2D eigenvalue weighted by Gasteiger charge is 2.50. The molecular formula is C57H72N8O9P+. The molecule has 6 atom stereocenters. The molecule has 17 nitrogen and oxygen atoms in total. The molecule has 0 bridgehead atoms. The summed E-state index contributed by atoms with van der Waals surface area (Å²) in [5, 5.41) is 20.4. The highest BCUT2D eigenvalue weighted by atomic mass is 31.1. The van der Waals surface area contributed by atoms with Crippen molar-refractivity contribution in [1.29, 1.82) is 0 Å². The summed E-state index contributed by atoms with van der Waals surface area (Å²) in [6.45, 7) is 11.0. The van der Waals surface area contributed by atoms with Crippen LogP contribution in [0.2, 0.25) is 0 Å². The van der Waals surface area contributed by atoms with Gasteiger partial charge in [-0.05, 0) is 73.3 Å². The quantitative estimate of drug-likeness (QED) is 0.0213. The highest BCUT2D eigenvalue weighted by molar-refractivity contribution is 7.35. The number of aryl methyl sites for hydroxylation is 1. The first-order valence-corrected chi connectivity index (χ1v) is 27.1. The lowest BCUT2D eigenvalue weighted by atomic mass is 9.93. The van der Waals surface area contributed by atoms with E-state index in [2.05, 4.69) is 43.7 Å². The van der Waals surface area contributed by atoms with Crippen LogP contribution >= 0.6 is 8.73 Å². The number of amides is 4. The second-order valence-electron chi connectivity index (χ2n) is 20.7. The summed E-state index contributed by atoms with van der Waals surface area (Å²) in [6.07, 6.45) is 4.12. The fourth-order valence-corrected chi connectivity index (χ4v) is 9.93. The first-order chi connectivity index (χ1) is 36.1. The summed E-state index contributed by atoms with van der Waals surface area (Å²) >= 11 is 0. The third kappa shape index (κ3) is 16.9. The Kier molecular flexibility index (Phi) is 20.0. The van der Waals surface area contributed by atoms with Gasteiger partial charge in [0, 0.05) is 26.9 Å². The molecule has 1 aromatic heterocycles. The summed E-state index contributed by atoms with van der Waals surface area (Å²) < 4.78 is 19.0. The molecule has 3 heterocycles. The van der Waals surface area contributed by atoms with Crippen molar-refractivity contribution < 1.29 is 47.5 Å². The molecule has 0 aliphatic carbocycles. The summed E-state index contributed by atoms with van der Waals surface area (Å²) in [5.74, 6) is -2.88. The number of ketones is 1. The molecule has 4 aromatic carbocycles. The van der Waals surface area contributed by atoms with E-state index in [-0.39, 0.29) is 61.2 Å². The van der Waals surface area contributed by atoms with E-state index in [0.717, 1.165) is 22.9 Å². The average molecular weight is 1040 g/mol. The van der Waals surface area contributed by atoms with Gasteiger partial charge in [0.2, 0.25) is 24.5 Å². The number of nitrogens with zero attached hydrogens (tertiary/aromatic N) is 4. The summed E-state index contributed by atoms with van der Waals surface area (Å²) in [5.41, 5.74) is 3.80. The van der Waals surface area contributed by atoms with Crippen molar-refractivity contribution in [1.82, 2.24) is 36.0 Å². The van der Waals surface area contributed by atoms with Crippen LogP contribution in [0.5, 0.6) is 0 Å². The van der Waals surface area contributed by atoms with Crippen LogP contribution in [0, 0.1) is 11.8 Å². The van der Waals surface area contributed by atoms with E-state index in [1.807, 2.05) is 117 Å². The molecule has 2 aliphatic heterocycles. The standard InChI is InChI=1S/C57H71N8O9P/c1-39(2)31-47(52(67)57(5)37-74-57)59-55(70)49(33-42-17-11-7-12-18-42)61-54(69)48(32-40(3)4)60-53(68)46(26-21-41-15-9-6-10-16-41)58-51(66)35-65(27-29-72-30-28-65)38-73-56(71)45-24-22-44(23-25-45)50-34-64(63-62-50)75-36-43-19-13-8-14-20-43/h6-20,22-25,34,39-40,46-49,75H,21,26-33,35-38H2,1-5H3,(H3-,58,59,60,61,66,68,69,70)/p+1/t46-,47-,48-,49-,57+/m0/s1. The number of epoxide rings is 1. The first kappa shape index (κ1) is 56.1. The number of rotatable bonds is 27. The Morgan fingerprint density at radius 1 is 0.693 bits per heavy atom. The molecule has 398 valence electrons. The normalized spacial score (nSPS) is 17.6. The molecule has 1 unspecified atom stereocenters. The molecule has 5 aromatic rings. The van der Waals surface area contributed by atoms with Crippen LogP contribution < -0.4 is 21.3 Å². The molecule has 18 heteroatoms. The smallest absolute Gasteiger partial charge is 0.342 e. The molecule has 75 heavy (non-hydrogen) atoms. The van der Waals surface area contributed by atoms with Crippen LogP contribution in [-0.4, -0.2) is 131 Å². The first-order valence-electron chi connectivity index (χ1n) is 25.9. The molecule has 4 N–H and O–H groups in total. The number of Topliss-reactive ketones (excluding diaryl/α,β-unsaturated/α-hetero) is 1. The maximum absolute atomic E-state index is 14.5. The topological polar surface area (TPSA) is 212 Å². The zero-order valence-electron chi connectivity index (χ0n) is 43.7. The maximum Gasteiger partial charge on any atom is 0.342 e. The number of morpholine rings is 1. The number of nitrogens with one attached hydrogen (secondary N) is 4. The minimum atomic E-state index is -1.10. The number of aromatic nitrogens is 3. The number of esters is 1. The zero-order valence-corrected chi connectivity index (χ0v) is 44.7. The van der Waals surface area contributed by atoms with Crippen LogP contribution in [0.4, 0.5) is 0 Å². The van der Waals surface area contributed by atoms with Gasteiger partial charge in [-0.2, -0.15) is 0 Å². The summed E-state index contributed by atoms with van der Waals surface area (Å²) in [4.78, 5) is 84.5. The summed E-state index contributed by atoms with van der Waals surface area (Å²) in [7, 11) is 0.391. The van der Waals surface area contributed by atoms with Gasteiger partial charge in [0.15, 0.2) is 12.3 Å². The average Bonchev–Trinajstić information content (AvgIpc) is 3.98. The predicted octanol–water partition coefficient (Wildman–Crippen LogP) is 5.81. The number of carbonyl (C=O) groups is 6. The van der Waals surface area contributed by atoms with Crippen molar-refractivity contribution in [3.63, 3.8) is 0 Å². The predicted molar refractivity (Wildman–Crippen MR) is 286 cm³/mol. The second kappa shape index (κ2) is 26.7. The van der Waals surface area contributed by atoms with Gasteiger partial charge in [0.25, 0.3) is 5.91 Å².